The van der Waals surface area contributed by atoms with Crippen molar-refractivity contribution in [1.29, 1.82) is 0 Å². The summed E-state index contributed by atoms with van der Waals surface area (Å²) < 4.78 is 5.21. The van der Waals surface area contributed by atoms with Crippen LogP contribution in [0.15, 0.2) is 28.3 Å². The molecule has 0 fully saturated rings. The fourth-order valence-electron chi connectivity index (χ4n) is 2.19. The molecule has 5 nitrogen and oxygen atoms in total. The number of rotatable bonds is 3. The Hall–Kier alpha value is -2.04. The standard InChI is InChI=1S/C14H18N2O3/c1-9-4-5-12(19-9)13(18)16-15-10-6-11(17)8-14(2,3)7-10/h4-5,7,15H,6,8H2,1-3H3,(H,16,18). The van der Waals surface area contributed by atoms with Crippen molar-refractivity contribution in [2.75, 3.05) is 0 Å². The van der Waals surface area contributed by atoms with Crippen molar-refractivity contribution in [2.45, 2.75) is 33.6 Å². The quantitative estimate of drug-likeness (QED) is 0.818. The Labute approximate surface area is 112 Å². The zero-order valence-electron chi connectivity index (χ0n) is 11.4. The van der Waals surface area contributed by atoms with Gasteiger partial charge in [0.2, 0.25) is 0 Å². The third-order valence-corrected chi connectivity index (χ3v) is 2.91. The van der Waals surface area contributed by atoms with E-state index in [9.17, 15) is 9.59 Å². The summed E-state index contributed by atoms with van der Waals surface area (Å²) in [4.78, 5) is 23.4. The van der Waals surface area contributed by atoms with E-state index in [2.05, 4.69) is 10.9 Å². The van der Waals surface area contributed by atoms with Gasteiger partial charge in [-0.3, -0.25) is 15.0 Å². The van der Waals surface area contributed by atoms with Crippen LogP contribution in [0.1, 0.15) is 43.0 Å². The molecule has 2 N–H and O–H groups in total. The Morgan fingerprint density at radius 3 is 2.68 bits per heavy atom. The highest BCUT2D eigenvalue weighted by Gasteiger charge is 2.26. The minimum atomic E-state index is -0.357. The van der Waals surface area contributed by atoms with Gasteiger partial charge in [-0.1, -0.05) is 19.9 Å². The minimum Gasteiger partial charge on any atom is -0.456 e. The molecule has 0 saturated carbocycles. The number of ketones is 1. The SMILES string of the molecule is Cc1ccc(C(=O)NNC2=CC(C)(C)CC(=O)C2)o1. The molecule has 1 aromatic heterocycles. The molecule has 2 rings (SSSR count). The van der Waals surface area contributed by atoms with Gasteiger partial charge >= 0.3 is 5.91 Å². The van der Waals surface area contributed by atoms with Gasteiger partial charge < -0.3 is 9.84 Å². The van der Waals surface area contributed by atoms with Crippen molar-refractivity contribution < 1.29 is 14.0 Å². The molecule has 1 aliphatic carbocycles. The summed E-state index contributed by atoms with van der Waals surface area (Å²) in [6, 6.07) is 3.33. The van der Waals surface area contributed by atoms with Crippen LogP contribution in [0.5, 0.6) is 0 Å². The molecule has 0 unspecified atom stereocenters. The molecule has 0 aliphatic heterocycles. The van der Waals surface area contributed by atoms with Crippen LogP contribution in [0.2, 0.25) is 0 Å². The molecule has 0 bridgehead atoms. The fourth-order valence-corrected chi connectivity index (χ4v) is 2.19. The third kappa shape index (κ3) is 3.47. The van der Waals surface area contributed by atoms with Gasteiger partial charge in [-0.25, -0.2) is 0 Å². The van der Waals surface area contributed by atoms with Gasteiger partial charge in [0.15, 0.2) is 5.76 Å². The smallest absolute Gasteiger partial charge is 0.305 e. The lowest BCUT2D eigenvalue weighted by atomic mass is 9.81. The van der Waals surface area contributed by atoms with Crippen LogP contribution < -0.4 is 10.9 Å². The van der Waals surface area contributed by atoms with Crippen molar-refractivity contribution in [3.63, 3.8) is 0 Å². The van der Waals surface area contributed by atoms with E-state index in [1.807, 2.05) is 19.9 Å². The third-order valence-electron chi connectivity index (χ3n) is 2.91. The zero-order chi connectivity index (χ0) is 14.0. The lowest BCUT2D eigenvalue weighted by Gasteiger charge is -2.26. The van der Waals surface area contributed by atoms with Crippen LogP contribution in [0.3, 0.4) is 0 Å². The molecule has 102 valence electrons. The zero-order valence-corrected chi connectivity index (χ0v) is 11.4. The second-order valence-electron chi connectivity index (χ2n) is 5.54. The Morgan fingerprint density at radius 2 is 2.11 bits per heavy atom. The molecule has 19 heavy (non-hydrogen) atoms. The van der Waals surface area contributed by atoms with Crippen LogP contribution in [0.25, 0.3) is 0 Å². The number of allylic oxidation sites excluding steroid dienone is 2. The lowest BCUT2D eigenvalue weighted by Crippen LogP contribution is -2.39. The van der Waals surface area contributed by atoms with Gasteiger partial charge in [0.05, 0.1) is 0 Å². The summed E-state index contributed by atoms with van der Waals surface area (Å²) in [5.74, 6) is 0.730. The molecule has 0 spiro atoms. The molecule has 0 radical (unpaired) electrons. The molecule has 1 aliphatic rings. The molecular weight excluding hydrogens is 244 g/mol. The maximum atomic E-state index is 11.8. The first kappa shape index (κ1) is 13.4. The van der Waals surface area contributed by atoms with Gasteiger partial charge in [-0.2, -0.15) is 0 Å². The largest absolute Gasteiger partial charge is 0.456 e. The Balaban J connectivity index is 1.97. The number of furan rings is 1. The van der Waals surface area contributed by atoms with Crippen LogP contribution in [0, 0.1) is 12.3 Å². The van der Waals surface area contributed by atoms with Crippen molar-refractivity contribution in [3.05, 3.63) is 35.4 Å². The van der Waals surface area contributed by atoms with Crippen LogP contribution in [-0.2, 0) is 4.79 Å². The second-order valence-corrected chi connectivity index (χ2v) is 5.54. The minimum absolute atomic E-state index is 0.165. The number of carbonyl (C=O) groups is 2. The average Bonchev–Trinajstić information content (AvgIpc) is 2.70. The molecule has 1 amide bonds. The molecule has 1 heterocycles. The molecule has 1 aromatic rings. The van der Waals surface area contributed by atoms with Crippen LogP contribution >= 0.6 is 0 Å². The number of Topliss-reactive ketones (excluding diaryl/α,β-unsaturated/α-hetero) is 1. The number of hydrazine groups is 1. The molecule has 0 saturated heterocycles. The van der Waals surface area contributed by atoms with Crippen molar-refractivity contribution >= 4 is 11.7 Å². The summed E-state index contributed by atoms with van der Waals surface area (Å²) >= 11 is 0. The van der Waals surface area contributed by atoms with Crippen molar-refractivity contribution in [3.8, 4) is 0 Å². The molecule has 0 aromatic carbocycles. The maximum absolute atomic E-state index is 11.8. The summed E-state index contributed by atoms with van der Waals surface area (Å²) in [5, 5.41) is 0. The van der Waals surface area contributed by atoms with Gasteiger partial charge in [-0.15, -0.1) is 0 Å². The number of hydrogen-bond donors (Lipinski definition) is 2. The van der Waals surface area contributed by atoms with Crippen LogP contribution in [-0.4, -0.2) is 11.7 Å². The summed E-state index contributed by atoms with van der Waals surface area (Å²) in [6.07, 6.45) is 2.83. The fraction of sp³-hybridized carbons (Fsp3) is 0.429. The highest BCUT2D eigenvalue weighted by Crippen LogP contribution is 2.29. The predicted octanol–water partition coefficient (Wildman–Crippen LogP) is 2.10. The summed E-state index contributed by atoms with van der Waals surface area (Å²) in [5.41, 5.74) is 5.88. The van der Waals surface area contributed by atoms with Gasteiger partial charge in [-0.05, 0) is 24.5 Å². The topological polar surface area (TPSA) is 71.3 Å². The van der Waals surface area contributed by atoms with Crippen molar-refractivity contribution in [1.82, 2.24) is 10.9 Å². The first-order valence-corrected chi connectivity index (χ1v) is 6.22. The van der Waals surface area contributed by atoms with E-state index < -0.39 is 0 Å². The monoisotopic (exact) mass is 262 g/mol. The normalized spacial score (nSPS) is 17.8. The number of carbonyl (C=O) groups excluding carboxylic acids is 2. The second kappa shape index (κ2) is 4.91. The van der Waals surface area contributed by atoms with E-state index in [0.29, 0.717) is 18.6 Å². The van der Waals surface area contributed by atoms with Crippen LogP contribution in [0.4, 0.5) is 0 Å². The van der Waals surface area contributed by atoms with Crippen molar-refractivity contribution in [2.24, 2.45) is 5.41 Å². The molecule has 5 heteroatoms. The summed E-state index contributed by atoms with van der Waals surface area (Å²) in [6.45, 7) is 5.75. The highest BCUT2D eigenvalue weighted by molar-refractivity contribution is 5.91. The Morgan fingerprint density at radius 1 is 1.37 bits per heavy atom. The van der Waals surface area contributed by atoms with E-state index >= 15 is 0 Å². The number of amides is 1. The number of hydrogen-bond acceptors (Lipinski definition) is 4. The number of aryl methyl sites for hydroxylation is 1. The van der Waals surface area contributed by atoms with E-state index in [1.165, 1.54) is 0 Å². The van der Waals surface area contributed by atoms with E-state index in [4.69, 9.17) is 4.42 Å². The number of nitrogens with one attached hydrogen (secondary N) is 2. The van der Waals surface area contributed by atoms with E-state index in [-0.39, 0.29) is 22.9 Å². The Kier molecular flexibility index (Phi) is 3.46. The predicted molar refractivity (Wildman–Crippen MR) is 70.2 cm³/mol. The first-order chi connectivity index (χ1) is 8.85. The van der Waals surface area contributed by atoms with Gasteiger partial charge in [0, 0.05) is 18.5 Å². The molecular formula is C14H18N2O3. The van der Waals surface area contributed by atoms with Gasteiger partial charge in [0.1, 0.15) is 11.5 Å². The maximum Gasteiger partial charge on any atom is 0.305 e. The molecule has 0 atom stereocenters. The van der Waals surface area contributed by atoms with Gasteiger partial charge in [0.25, 0.3) is 0 Å². The average molecular weight is 262 g/mol. The van der Waals surface area contributed by atoms with E-state index in [0.717, 1.165) is 5.70 Å². The highest BCUT2D eigenvalue weighted by atomic mass is 16.3. The Bertz CT molecular complexity index is 541. The van der Waals surface area contributed by atoms with E-state index in [1.54, 1.807) is 19.1 Å². The summed E-state index contributed by atoms with van der Waals surface area (Å²) in [7, 11) is 0. The lowest BCUT2D eigenvalue weighted by molar-refractivity contribution is -0.120. The first-order valence-electron chi connectivity index (χ1n) is 6.22.